The van der Waals surface area contributed by atoms with Crippen LogP contribution in [0.1, 0.15) is 18.9 Å². The fourth-order valence-electron chi connectivity index (χ4n) is 2.61. The van der Waals surface area contributed by atoms with Crippen LogP contribution < -0.4 is 15.8 Å². The molecule has 0 radical (unpaired) electrons. The maximum absolute atomic E-state index is 12.4. The smallest absolute Gasteiger partial charge is 0.293 e. The molecule has 1 aromatic rings. The summed E-state index contributed by atoms with van der Waals surface area (Å²) in [4.78, 5) is 32.3. The molecular formula is C14H21N5O2. The largest absolute Gasteiger partial charge is 0.346 e. The van der Waals surface area contributed by atoms with E-state index in [4.69, 9.17) is 0 Å². The van der Waals surface area contributed by atoms with Gasteiger partial charge < -0.3 is 19.7 Å². The van der Waals surface area contributed by atoms with Gasteiger partial charge in [-0.1, -0.05) is 0 Å². The molecule has 0 spiro atoms. The van der Waals surface area contributed by atoms with E-state index in [2.05, 4.69) is 10.3 Å². The second-order valence-corrected chi connectivity index (χ2v) is 5.68. The van der Waals surface area contributed by atoms with Crippen molar-refractivity contribution in [1.29, 1.82) is 0 Å². The molecule has 114 valence electrons. The number of anilines is 1. The summed E-state index contributed by atoms with van der Waals surface area (Å²) in [5, 5.41) is 3.22. The zero-order chi connectivity index (χ0) is 14.8. The van der Waals surface area contributed by atoms with E-state index in [1.165, 1.54) is 0 Å². The highest BCUT2D eigenvalue weighted by Gasteiger charge is 2.26. The molecule has 7 nitrogen and oxygen atoms in total. The maximum atomic E-state index is 12.4. The van der Waals surface area contributed by atoms with Crippen molar-refractivity contribution in [3.63, 3.8) is 0 Å². The van der Waals surface area contributed by atoms with Crippen LogP contribution in [0.4, 0.5) is 5.82 Å². The summed E-state index contributed by atoms with van der Waals surface area (Å²) in [6.45, 7) is 3.29. The van der Waals surface area contributed by atoms with Crippen molar-refractivity contribution in [2.24, 2.45) is 0 Å². The molecule has 1 aliphatic carbocycles. The topological polar surface area (TPSA) is 70.5 Å². The number of likely N-dealkylation sites (N-methyl/N-ethyl adjacent to an activating group) is 1. The number of carbonyl (C=O) groups excluding carboxylic acids is 1. The normalized spacial score (nSPS) is 18.6. The molecule has 2 aliphatic rings. The summed E-state index contributed by atoms with van der Waals surface area (Å²) in [5.74, 6) is 0.398. The lowest BCUT2D eigenvalue weighted by Gasteiger charge is -2.29. The lowest BCUT2D eigenvalue weighted by atomic mass is 10.3. The zero-order valence-electron chi connectivity index (χ0n) is 12.3. The minimum atomic E-state index is -0.101. The van der Waals surface area contributed by atoms with Gasteiger partial charge in [0.1, 0.15) is 0 Å². The maximum Gasteiger partial charge on any atom is 0.293 e. The molecule has 1 amide bonds. The first kappa shape index (κ1) is 14.1. The number of nitrogens with one attached hydrogen (secondary N) is 1. The van der Waals surface area contributed by atoms with Gasteiger partial charge in [0.15, 0.2) is 5.82 Å². The van der Waals surface area contributed by atoms with Gasteiger partial charge in [-0.15, -0.1) is 0 Å². The van der Waals surface area contributed by atoms with E-state index in [0.29, 0.717) is 11.9 Å². The second kappa shape index (κ2) is 5.85. The fraction of sp³-hybridized carbons (Fsp3) is 0.643. The first-order chi connectivity index (χ1) is 10.2. The van der Waals surface area contributed by atoms with E-state index in [-0.39, 0.29) is 18.0 Å². The van der Waals surface area contributed by atoms with Gasteiger partial charge in [0.2, 0.25) is 5.91 Å². The van der Waals surface area contributed by atoms with Gasteiger partial charge in [0, 0.05) is 51.7 Å². The summed E-state index contributed by atoms with van der Waals surface area (Å²) in [6.07, 6.45) is 5.47. The SMILES string of the molecule is CN(CC(=O)N1CCNCC1)c1nccn(C2CC2)c1=O. The highest BCUT2D eigenvalue weighted by molar-refractivity contribution is 5.81. The first-order valence-corrected chi connectivity index (χ1v) is 7.43. The average Bonchev–Trinajstić information content (AvgIpc) is 3.33. The van der Waals surface area contributed by atoms with E-state index in [9.17, 15) is 9.59 Å². The number of piperazine rings is 1. The van der Waals surface area contributed by atoms with Crippen LogP contribution in [0, 0.1) is 0 Å². The minimum absolute atomic E-state index is 0.0435. The lowest BCUT2D eigenvalue weighted by molar-refractivity contribution is -0.130. The Morgan fingerprint density at radius 2 is 2.14 bits per heavy atom. The fourth-order valence-corrected chi connectivity index (χ4v) is 2.61. The van der Waals surface area contributed by atoms with Crippen LogP contribution in [0.5, 0.6) is 0 Å². The first-order valence-electron chi connectivity index (χ1n) is 7.43. The Hall–Kier alpha value is -1.89. The number of nitrogens with zero attached hydrogens (tertiary/aromatic N) is 4. The molecule has 7 heteroatoms. The van der Waals surface area contributed by atoms with Crippen molar-refractivity contribution in [1.82, 2.24) is 19.8 Å². The Kier molecular flexibility index (Phi) is 3.92. The molecule has 1 saturated heterocycles. The summed E-state index contributed by atoms with van der Waals surface area (Å²) < 4.78 is 1.73. The number of rotatable bonds is 4. The highest BCUT2D eigenvalue weighted by atomic mass is 16.2. The molecule has 0 atom stereocenters. The second-order valence-electron chi connectivity index (χ2n) is 5.68. The number of amides is 1. The summed E-state index contributed by atoms with van der Waals surface area (Å²) in [6, 6.07) is 0.316. The molecule has 0 unspecified atom stereocenters. The van der Waals surface area contributed by atoms with Crippen molar-refractivity contribution in [3.8, 4) is 0 Å². The van der Waals surface area contributed by atoms with E-state index in [1.54, 1.807) is 28.9 Å². The Balaban J connectivity index is 1.70. The predicted molar refractivity (Wildman–Crippen MR) is 79.5 cm³/mol. The molecule has 1 N–H and O–H groups in total. The molecule has 3 rings (SSSR count). The summed E-state index contributed by atoms with van der Waals surface area (Å²) in [7, 11) is 1.75. The van der Waals surface area contributed by atoms with Crippen molar-refractivity contribution >= 4 is 11.7 Å². The van der Waals surface area contributed by atoms with Gasteiger partial charge in [0.25, 0.3) is 5.56 Å². The van der Waals surface area contributed by atoms with Gasteiger partial charge in [-0.05, 0) is 12.8 Å². The molecule has 1 aromatic heterocycles. The van der Waals surface area contributed by atoms with E-state index < -0.39 is 0 Å². The number of aromatic nitrogens is 2. The molecule has 21 heavy (non-hydrogen) atoms. The minimum Gasteiger partial charge on any atom is -0.346 e. The van der Waals surface area contributed by atoms with Crippen LogP contribution in [-0.2, 0) is 4.79 Å². The Morgan fingerprint density at radius 3 is 2.81 bits per heavy atom. The third-order valence-electron chi connectivity index (χ3n) is 3.99. The van der Waals surface area contributed by atoms with Gasteiger partial charge >= 0.3 is 0 Å². The van der Waals surface area contributed by atoms with Crippen molar-refractivity contribution in [3.05, 3.63) is 22.7 Å². The summed E-state index contributed by atoms with van der Waals surface area (Å²) >= 11 is 0. The molecule has 0 bridgehead atoms. The molecule has 2 fully saturated rings. The number of hydrogen-bond donors (Lipinski definition) is 1. The van der Waals surface area contributed by atoms with E-state index >= 15 is 0 Å². The predicted octanol–water partition coefficient (Wildman–Crippen LogP) is -0.554. The van der Waals surface area contributed by atoms with Gasteiger partial charge in [-0.3, -0.25) is 9.59 Å². The van der Waals surface area contributed by atoms with Crippen molar-refractivity contribution < 1.29 is 4.79 Å². The van der Waals surface area contributed by atoms with Crippen LogP contribution in [0.15, 0.2) is 17.2 Å². The Labute approximate surface area is 123 Å². The van der Waals surface area contributed by atoms with Crippen LogP contribution >= 0.6 is 0 Å². The third kappa shape index (κ3) is 3.07. The van der Waals surface area contributed by atoms with Crippen LogP contribution in [-0.4, -0.2) is 60.1 Å². The summed E-state index contributed by atoms with van der Waals surface area (Å²) in [5.41, 5.74) is -0.101. The molecule has 1 saturated carbocycles. The van der Waals surface area contributed by atoms with Crippen LogP contribution in [0.25, 0.3) is 0 Å². The monoisotopic (exact) mass is 291 g/mol. The molecule has 2 heterocycles. The third-order valence-corrected chi connectivity index (χ3v) is 3.99. The number of hydrogen-bond acceptors (Lipinski definition) is 5. The Bertz CT molecular complexity index is 575. The van der Waals surface area contributed by atoms with Crippen molar-refractivity contribution in [2.75, 3.05) is 44.7 Å². The number of carbonyl (C=O) groups is 1. The quantitative estimate of drug-likeness (QED) is 0.806. The van der Waals surface area contributed by atoms with Crippen LogP contribution in [0.2, 0.25) is 0 Å². The zero-order valence-corrected chi connectivity index (χ0v) is 12.3. The standard InChI is InChI=1S/C14H21N5O2/c1-17(10-12(20)18-7-4-15-5-8-18)13-14(21)19(9-6-16-13)11-2-3-11/h6,9,11,15H,2-5,7-8,10H2,1H3. The molecule has 0 aromatic carbocycles. The van der Waals surface area contributed by atoms with Crippen molar-refractivity contribution in [2.45, 2.75) is 18.9 Å². The van der Waals surface area contributed by atoms with Gasteiger partial charge in [0.05, 0.1) is 6.54 Å². The molecular weight excluding hydrogens is 270 g/mol. The van der Waals surface area contributed by atoms with E-state index in [1.807, 2.05) is 4.90 Å². The molecule has 1 aliphatic heterocycles. The van der Waals surface area contributed by atoms with Gasteiger partial charge in [-0.2, -0.15) is 0 Å². The lowest BCUT2D eigenvalue weighted by Crippen LogP contribution is -2.49. The Morgan fingerprint density at radius 1 is 1.43 bits per heavy atom. The van der Waals surface area contributed by atoms with E-state index in [0.717, 1.165) is 39.0 Å². The van der Waals surface area contributed by atoms with Crippen LogP contribution in [0.3, 0.4) is 0 Å². The highest BCUT2D eigenvalue weighted by Crippen LogP contribution is 2.33. The van der Waals surface area contributed by atoms with Gasteiger partial charge in [-0.25, -0.2) is 4.98 Å². The average molecular weight is 291 g/mol.